The van der Waals surface area contributed by atoms with Gasteiger partial charge in [-0.2, -0.15) is 0 Å². The van der Waals surface area contributed by atoms with Gasteiger partial charge < -0.3 is 94.4 Å². The Morgan fingerprint density at radius 2 is 0.267 bits per heavy atom. The normalized spacial score (nSPS) is 13.9. The Balaban J connectivity index is 1.68. The third kappa shape index (κ3) is 23.6. The van der Waals surface area contributed by atoms with E-state index in [1.54, 1.807) is 0 Å². The molecule has 7 rings (SSSR count). The average Bonchev–Trinajstić information content (AvgIpc) is 0.712. The van der Waals surface area contributed by atoms with Crippen LogP contribution in [0.5, 0.6) is 0 Å². The van der Waals surface area contributed by atoms with Gasteiger partial charge in [-0.3, -0.25) is 86.3 Å². The second-order valence-corrected chi connectivity index (χ2v) is 28.3. The highest BCUT2D eigenvalue weighted by Crippen LogP contribution is 2.56. The van der Waals surface area contributed by atoms with Crippen molar-refractivity contribution in [1.29, 1.82) is 0 Å². The van der Waals surface area contributed by atoms with Crippen molar-refractivity contribution < 1.29 is 117 Å². The predicted octanol–water partition coefficient (Wildman–Crippen LogP) is 3.93. The van der Waals surface area contributed by atoms with E-state index < -0.39 is 179 Å². The zero-order valence-electron chi connectivity index (χ0n) is 66.8. The first-order valence-corrected chi connectivity index (χ1v) is 37.3. The van der Waals surface area contributed by atoms with Crippen LogP contribution in [0.3, 0.4) is 0 Å². The van der Waals surface area contributed by atoms with Crippen LogP contribution in [0.2, 0.25) is 0 Å². The summed E-state index contributed by atoms with van der Waals surface area (Å²) in [7, 11) is 0. The Morgan fingerprint density at radius 3 is 0.358 bits per heavy atom. The minimum Gasteiger partial charge on any atom is -0.480 e. The predicted molar refractivity (Wildman–Crippen MR) is 432 cm³/mol. The molecular formula is C84H90N12O24. The van der Waals surface area contributed by atoms with Crippen LogP contribution in [-0.2, 0) is 57.5 Å². The third-order valence-corrected chi connectivity index (χ3v) is 18.9. The number of benzene rings is 7. The maximum Gasteiger partial charge on any atom is 0.325 e. The highest BCUT2D eigenvalue weighted by molar-refractivity contribution is 6.17. The molecule has 0 fully saturated rings. The summed E-state index contributed by atoms with van der Waals surface area (Å²) in [5, 5.41) is 86.4. The molecule has 36 heteroatoms. The van der Waals surface area contributed by atoms with Crippen molar-refractivity contribution >= 4 is 107 Å². The van der Waals surface area contributed by atoms with E-state index in [0.717, 1.165) is 0 Å². The molecule has 18 N–H and O–H groups in total. The smallest absolute Gasteiger partial charge is 0.325 e. The van der Waals surface area contributed by atoms with Gasteiger partial charge in [0.2, 0.25) is 35.4 Å². The van der Waals surface area contributed by atoms with E-state index in [2.05, 4.69) is 63.8 Å². The summed E-state index contributed by atoms with van der Waals surface area (Å²) < 4.78 is 0. The zero-order valence-corrected chi connectivity index (χ0v) is 66.8. The second-order valence-electron chi connectivity index (χ2n) is 28.3. The summed E-state index contributed by atoms with van der Waals surface area (Å²) in [6, 6.07) is 18.7. The van der Waals surface area contributed by atoms with Crippen LogP contribution in [0, 0.1) is 0 Å². The van der Waals surface area contributed by atoms with E-state index >= 15 is 0 Å². The van der Waals surface area contributed by atoms with E-state index in [1.807, 2.05) is 0 Å². The molecule has 0 aliphatic rings. The molecule has 120 heavy (non-hydrogen) atoms. The molecule has 12 amide bonds. The van der Waals surface area contributed by atoms with E-state index in [4.69, 9.17) is 0 Å². The van der Waals surface area contributed by atoms with Crippen molar-refractivity contribution in [1.82, 2.24) is 63.8 Å². The van der Waals surface area contributed by atoms with Gasteiger partial charge in [0.1, 0.15) is 72.5 Å². The first kappa shape index (κ1) is 92.2. The van der Waals surface area contributed by atoms with Gasteiger partial charge in [-0.1, -0.05) is 72.8 Å². The van der Waals surface area contributed by atoms with E-state index in [0.29, 0.717) is 0 Å². The van der Waals surface area contributed by atoms with E-state index in [1.165, 1.54) is 229 Å². The van der Waals surface area contributed by atoms with E-state index in [9.17, 15) is 117 Å². The van der Waals surface area contributed by atoms with Crippen LogP contribution in [0.1, 0.15) is 145 Å². The molecule has 0 aliphatic heterocycles. The van der Waals surface area contributed by atoms with Gasteiger partial charge >= 0.3 is 35.8 Å². The first-order valence-electron chi connectivity index (χ1n) is 37.3. The zero-order chi connectivity index (χ0) is 89.2. The number of hydrogen-bond donors (Lipinski definition) is 18. The lowest BCUT2D eigenvalue weighted by molar-refractivity contribution is -0.141. The van der Waals surface area contributed by atoms with Crippen LogP contribution in [0.15, 0.2) is 146 Å². The van der Waals surface area contributed by atoms with Crippen molar-refractivity contribution in [2.24, 2.45) is 0 Å². The summed E-state index contributed by atoms with van der Waals surface area (Å²) in [5.41, 5.74) is 2.14. The van der Waals surface area contributed by atoms with Crippen LogP contribution in [-0.4, -0.2) is 210 Å². The molecule has 7 aromatic carbocycles. The molecule has 0 unspecified atom stereocenters. The molecule has 7 aromatic rings. The quantitative estimate of drug-likeness (QED) is 0.0264. The van der Waals surface area contributed by atoms with Crippen LogP contribution < -0.4 is 63.8 Å². The monoisotopic (exact) mass is 1650 g/mol. The van der Waals surface area contributed by atoms with Crippen molar-refractivity contribution in [3.8, 4) is 66.8 Å². The molecule has 0 aliphatic carbocycles. The van der Waals surface area contributed by atoms with Crippen molar-refractivity contribution in [2.45, 2.75) is 156 Å². The number of hydrogen-bond acceptors (Lipinski definition) is 18. The van der Waals surface area contributed by atoms with Crippen LogP contribution in [0.4, 0.5) is 0 Å². The fraction of sp³-hybridized carbons (Fsp3) is 0.286. The molecule has 0 spiro atoms. The van der Waals surface area contributed by atoms with Crippen LogP contribution in [0.25, 0.3) is 66.8 Å². The summed E-state index contributed by atoms with van der Waals surface area (Å²) in [4.78, 5) is 236. The first-order chi connectivity index (χ1) is 56.4. The maximum atomic E-state index is 14.3. The van der Waals surface area contributed by atoms with Crippen LogP contribution >= 0.6 is 0 Å². The molecule has 0 radical (unpaired) electrons. The maximum absolute atomic E-state index is 14.3. The second kappa shape index (κ2) is 40.5. The molecule has 0 aromatic heterocycles. The minimum absolute atomic E-state index is 0.0701. The molecule has 36 nitrogen and oxygen atoms in total. The summed E-state index contributed by atoms with van der Waals surface area (Å²) >= 11 is 0. The highest BCUT2D eigenvalue weighted by Gasteiger charge is 2.34. The lowest BCUT2D eigenvalue weighted by Gasteiger charge is -2.29. The highest BCUT2D eigenvalue weighted by atomic mass is 16.4. The molecule has 0 saturated carbocycles. The fourth-order valence-electron chi connectivity index (χ4n) is 11.7. The van der Waals surface area contributed by atoms with Crippen molar-refractivity contribution in [3.05, 3.63) is 179 Å². The number of amides is 12. The number of nitrogens with one attached hydrogen (secondary N) is 12. The largest absolute Gasteiger partial charge is 0.480 e. The number of carbonyl (C=O) groups excluding carboxylic acids is 12. The van der Waals surface area contributed by atoms with Gasteiger partial charge in [0, 0.05) is 33.4 Å². The SMILES string of the molecule is C[C@H](NC(=O)[C@H](C)NC(=O)c1ccc(-c2c(-c3ccc(C(=O)N[C@@H](C)C(=O)N[C@@H](C)C(=O)O)cc3)c(-c3ccc(C(=O)N[C@@H](C)C(=O)N[C@@H](C)C(=O)O)cc3)c(-c3ccc(C(=O)N[C@@H](C)C(=O)N[C@@H](C)C(=O)O)cc3)c(-c3ccc(C(=O)N[C@@H](C)C(=O)N[C@@H](C)C(=O)O)cc3)c2-c2ccc(C(=O)N[C@@H](C)C(=O)N[C@@H](C)C(=O)O)cc2)cc1)C(=O)O. The fourth-order valence-corrected chi connectivity index (χ4v) is 11.7. The number of carboxylic acid groups (broad SMARTS) is 6. The van der Waals surface area contributed by atoms with Gasteiger partial charge in [-0.15, -0.1) is 0 Å². The Hall–Kier alpha value is -15.0. The number of carbonyl (C=O) groups is 18. The Bertz CT molecular complexity index is 4330. The Kier molecular flexibility index (Phi) is 31.1. The summed E-state index contributed by atoms with van der Waals surface area (Å²) in [6.45, 7) is 15.2. The molecule has 12 atom stereocenters. The van der Waals surface area contributed by atoms with Gasteiger partial charge in [0.25, 0.3) is 35.4 Å². The lowest BCUT2D eigenvalue weighted by Crippen LogP contribution is -2.49. The summed E-state index contributed by atoms with van der Waals surface area (Å²) in [6.07, 6.45) is 0. The topological polar surface area (TPSA) is 573 Å². The Labute approximate surface area is 685 Å². The standard InChI is InChI=1S/C84H90N12O24/c1-37(67(97)91-43(7)79(109)110)85-73(103)55-25-13-49(14-26-55)61-62(50-15-27-56(28-16-50)74(104)86-38(2)68(98)92-44(8)80(111)112)64(52-19-31-58(32-20-52)76(106)88-40(4)70(100)94-46(10)82(115)116)66(54-23-35-60(36-24-54)78(108)90-42(6)72(102)96-48(12)84(119)120)65(53-21-33-59(34-22-53)77(107)89-41(5)71(101)95-47(11)83(117)118)63(61)51-17-29-57(30-18-51)75(105)87-39(3)69(99)93-45(9)81(113)114/h13-48H,1-12H3,(H,85,103)(H,86,104)(H,87,105)(H,88,106)(H,89,107)(H,90,108)(H,91,97)(H,92,98)(H,93,99)(H,94,100)(H,95,101)(H,96,102)(H,109,110)(H,111,112)(H,113,114)(H,115,116)(H,117,118)(H,119,120)/t37-,38-,39-,40-,41-,42-,43-,44-,45-,46-,47-,48-/m0/s1. The lowest BCUT2D eigenvalue weighted by atomic mass is 9.74. The minimum atomic E-state index is -1.36. The molecule has 630 valence electrons. The number of carboxylic acids is 6. The number of aliphatic carboxylic acids is 6. The molecule has 0 bridgehead atoms. The summed E-state index contributed by atoms with van der Waals surface area (Å²) in [5.74, 6) is -18.3. The molecule has 0 heterocycles. The third-order valence-electron chi connectivity index (χ3n) is 18.9. The van der Waals surface area contributed by atoms with Crippen molar-refractivity contribution in [3.63, 3.8) is 0 Å². The van der Waals surface area contributed by atoms with Gasteiger partial charge in [0.15, 0.2) is 0 Å². The van der Waals surface area contributed by atoms with Gasteiger partial charge in [-0.25, -0.2) is 0 Å². The van der Waals surface area contributed by atoms with Gasteiger partial charge in [0.05, 0.1) is 0 Å². The molecular weight excluding hydrogens is 1560 g/mol. The van der Waals surface area contributed by atoms with Gasteiger partial charge in [-0.05, 0) is 223 Å². The van der Waals surface area contributed by atoms with E-state index in [-0.39, 0.29) is 100 Å². The Morgan fingerprint density at radius 1 is 0.167 bits per heavy atom. The molecule has 0 saturated heterocycles. The van der Waals surface area contributed by atoms with Crippen molar-refractivity contribution in [2.75, 3.05) is 0 Å². The average molecular weight is 1650 g/mol. The number of rotatable bonds is 36.